The number of rotatable bonds is 8. The van der Waals surface area contributed by atoms with Crippen molar-refractivity contribution in [3.63, 3.8) is 0 Å². The summed E-state index contributed by atoms with van der Waals surface area (Å²) in [4.78, 5) is 21.9. The lowest BCUT2D eigenvalue weighted by atomic mass is 10.1. The van der Waals surface area contributed by atoms with Crippen molar-refractivity contribution < 1.29 is 14.1 Å². The maximum Gasteiger partial charge on any atom is 0.224 e. The largest absolute Gasteiger partial charge is 0.357 e. The van der Waals surface area contributed by atoms with Crippen molar-refractivity contribution in [1.82, 2.24) is 15.0 Å². The Labute approximate surface area is 165 Å². The van der Waals surface area contributed by atoms with Gasteiger partial charge in [0.2, 0.25) is 5.88 Å². The minimum Gasteiger partial charge on any atom is -0.357 e. The van der Waals surface area contributed by atoms with E-state index in [0.29, 0.717) is 17.2 Å². The molecule has 0 saturated heterocycles. The number of benzene rings is 1. The molecule has 0 aliphatic rings. The third-order valence-corrected chi connectivity index (χ3v) is 4.39. The number of anilines is 1. The number of nitrogens with one attached hydrogen (secondary N) is 2. The third-order valence-electron chi connectivity index (χ3n) is 4.39. The Bertz CT molecular complexity index is 912. The van der Waals surface area contributed by atoms with E-state index in [2.05, 4.69) is 29.6 Å². The molecule has 0 radical (unpaired) electrons. The highest BCUT2D eigenvalue weighted by atomic mass is 16.5. The Balaban J connectivity index is 0.000000237. The molecule has 0 amide bonds. The summed E-state index contributed by atoms with van der Waals surface area (Å²) in [6.07, 6.45) is 2.62. The van der Waals surface area contributed by atoms with Gasteiger partial charge in [-0.05, 0) is 38.1 Å². The normalized spacial score (nSPS) is 10.6. The van der Waals surface area contributed by atoms with Crippen LogP contribution in [0.15, 0.2) is 34.9 Å². The van der Waals surface area contributed by atoms with Gasteiger partial charge in [0.05, 0.1) is 11.4 Å². The van der Waals surface area contributed by atoms with Gasteiger partial charge in [0.1, 0.15) is 6.29 Å². The zero-order chi connectivity index (χ0) is 20.5. The summed E-state index contributed by atoms with van der Waals surface area (Å²) in [5, 5.41) is 10.8. The van der Waals surface area contributed by atoms with Gasteiger partial charge in [-0.15, -0.1) is 0 Å². The van der Waals surface area contributed by atoms with Gasteiger partial charge in [-0.2, -0.15) is 0 Å². The van der Waals surface area contributed by atoms with Crippen LogP contribution in [0.4, 0.5) is 5.88 Å². The van der Waals surface area contributed by atoms with Crippen LogP contribution in [0.2, 0.25) is 0 Å². The molecule has 0 saturated carbocycles. The zero-order valence-corrected chi connectivity index (χ0v) is 16.9. The Kier molecular flexibility index (Phi) is 7.95. The fourth-order valence-electron chi connectivity index (χ4n) is 2.81. The molecule has 0 unspecified atom stereocenters. The number of carbonyl (C=O) groups excluding carboxylic acids is 2. The second-order valence-corrected chi connectivity index (χ2v) is 6.75. The fraction of sp³-hybridized carbons (Fsp3) is 0.381. The molecule has 0 atom stereocenters. The lowest BCUT2D eigenvalue weighted by molar-refractivity contribution is 0.111. The van der Waals surface area contributed by atoms with E-state index >= 15 is 0 Å². The van der Waals surface area contributed by atoms with Gasteiger partial charge in [0.25, 0.3) is 0 Å². The number of aromatic nitrogens is 2. The Morgan fingerprint density at radius 3 is 2.46 bits per heavy atom. The van der Waals surface area contributed by atoms with E-state index < -0.39 is 0 Å². The second-order valence-electron chi connectivity index (χ2n) is 6.75. The number of hydrogen-bond acceptors (Lipinski definition) is 6. The summed E-state index contributed by atoms with van der Waals surface area (Å²) in [6, 6.07) is 9.23. The van der Waals surface area contributed by atoms with E-state index in [4.69, 9.17) is 4.52 Å². The molecule has 3 aromatic rings. The van der Waals surface area contributed by atoms with Crippen molar-refractivity contribution in [3.8, 4) is 0 Å². The molecule has 0 fully saturated rings. The molecule has 7 heteroatoms. The number of fused-ring (bicyclic) bond motifs is 1. The molecule has 0 aliphatic carbocycles. The van der Waals surface area contributed by atoms with Crippen LogP contribution < -0.4 is 10.6 Å². The summed E-state index contributed by atoms with van der Waals surface area (Å²) < 4.78 is 6.88. The molecule has 2 heterocycles. The predicted octanol–water partition coefficient (Wildman–Crippen LogP) is 3.72. The maximum atomic E-state index is 11.1. The van der Waals surface area contributed by atoms with Gasteiger partial charge in [-0.25, -0.2) is 0 Å². The van der Waals surface area contributed by atoms with Crippen molar-refractivity contribution in [2.75, 3.05) is 26.0 Å². The van der Waals surface area contributed by atoms with Crippen LogP contribution in [-0.2, 0) is 6.54 Å². The Morgan fingerprint density at radius 2 is 1.93 bits per heavy atom. The van der Waals surface area contributed by atoms with Crippen molar-refractivity contribution in [3.05, 3.63) is 47.3 Å². The van der Waals surface area contributed by atoms with Crippen LogP contribution in [0.3, 0.4) is 0 Å². The second kappa shape index (κ2) is 10.4. The number of hydrogen-bond donors (Lipinski definition) is 2. The lowest BCUT2D eigenvalue weighted by Crippen LogP contribution is -2.12. The molecule has 2 N–H and O–H groups in total. The van der Waals surface area contributed by atoms with Crippen LogP contribution >= 0.6 is 0 Å². The molecule has 28 heavy (non-hydrogen) atoms. The lowest BCUT2D eigenvalue weighted by Gasteiger charge is -2.07. The summed E-state index contributed by atoms with van der Waals surface area (Å²) >= 11 is 0. The third kappa shape index (κ3) is 5.29. The fourth-order valence-corrected chi connectivity index (χ4v) is 2.81. The number of aryl methyl sites for hydroxylation is 1. The van der Waals surface area contributed by atoms with Crippen LogP contribution in [0.25, 0.3) is 10.9 Å². The van der Waals surface area contributed by atoms with Crippen molar-refractivity contribution in [1.29, 1.82) is 0 Å². The highest BCUT2D eigenvalue weighted by Gasteiger charge is 2.08. The first-order valence-electron chi connectivity index (χ1n) is 9.36. The monoisotopic (exact) mass is 384 g/mol. The van der Waals surface area contributed by atoms with E-state index in [9.17, 15) is 9.59 Å². The molecule has 3 rings (SSSR count). The SMILES string of the molecule is CNCCCn1c(C=O)cc2ccc(C=O)cc21.CNc1cc(C(C)C)no1. The first-order valence-corrected chi connectivity index (χ1v) is 9.36. The Morgan fingerprint density at radius 1 is 1.14 bits per heavy atom. The first-order chi connectivity index (χ1) is 13.5. The minimum atomic E-state index is 0.436. The molecule has 1 aromatic carbocycles. The summed E-state index contributed by atoms with van der Waals surface area (Å²) in [5.41, 5.74) is 3.22. The topological polar surface area (TPSA) is 89.2 Å². The predicted molar refractivity (Wildman–Crippen MR) is 111 cm³/mol. The van der Waals surface area contributed by atoms with Gasteiger partial charge in [-0.3, -0.25) is 9.59 Å². The number of carbonyl (C=O) groups is 2. The van der Waals surface area contributed by atoms with E-state index in [1.54, 1.807) is 6.07 Å². The van der Waals surface area contributed by atoms with Gasteiger partial charge in [-0.1, -0.05) is 31.1 Å². The molecular weight excluding hydrogens is 356 g/mol. The molecule has 0 spiro atoms. The van der Waals surface area contributed by atoms with Crippen molar-refractivity contribution >= 4 is 29.4 Å². The Hall–Kier alpha value is -2.93. The van der Waals surface area contributed by atoms with Gasteiger partial charge in [0, 0.05) is 36.1 Å². The van der Waals surface area contributed by atoms with E-state index in [0.717, 1.165) is 54.6 Å². The quantitative estimate of drug-likeness (QED) is 0.454. The van der Waals surface area contributed by atoms with Crippen LogP contribution in [0.5, 0.6) is 0 Å². The highest BCUT2D eigenvalue weighted by molar-refractivity contribution is 5.92. The average Bonchev–Trinajstić information content (AvgIpc) is 3.33. The standard InChI is InChI=1S/C14H16N2O2.C7H12N2O/c1-15-5-2-6-16-13(10-18)8-12-4-3-11(9-17)7-14(12)16;1-5(2)6-4-7(8-3)10-9-6/h3-4,7-10,15H,2,5-6H2,1H3;4-5,8H,1-3H3. The summed E-state index contributed by atoms with van der Waals surface area (Å²) in [7, 11) is 3.71. The molecule has 0 aliphatic heterocycles. The number of nitrogens with zero attached hydrogens (tertiary/aromatic N) is 2. The maximum absolute atomic E-state index is 11.1. The van der Waals surface area contributed by atoms with Crippen LogP contribution in [-0.4, -0.2) is 42.9 Å². The van der Waals surface area contributed by atoms with E-state index in [1.807, 2.05) is 42.9 Å². The summed E-state index contributed by atoms with van der Waals surface area (Å²) in [5.74, 6) is 1.16. The van der Waals surface area contributed by atoms with E-state index in [-0.39, 0.29) is 0 Å². The van der Waals surface area contributed by atoms with Crippen molar-refractivity contribution in [2.24, 2.45) is 0 Å². The average molecular weight is 384 g/mol. The molecule has 7 nitrogen and oxygen atoms in total. The minimum absolute atomic E-state index is 0.436. The molecule has 2 aromatic heterocycles. The molecule has 0 bridgehead atoms. The zero-order valence-electron chi connectivity index (χ0n) is 16.9. The van der Waals surface area contributed by atoms with Gasteiger partial charge >= 0.3 is 0 Å². The van der Waals surface area contributed by atoms with Crippen LogP contribution in [0.1, 0.15) is 52.7 Å². The molecular formula is C21H28N4O3. The van der Waals surface area contributed by atoms with E-state index in [1.165, 1.54) is 0 Å². The molecule has 150 valence electrons. The summed E-state index contributed by atoms with van der Waals surface area (Å²) in [6.45, 7) is 5.82. The highest BCUT2D eigenvalue weighted by Crippen LogP contribution is 2.20. The van der Waals surface area contributed by atoms with Gasteiger partial charge < -0.3 is 19.7 Å². The smallest absolute Gasteiger partial charge is 0.224 e. The van der Waals surface area contributed by atoms with Crippen molar-refractivity contribution in [2.45, 2.75) is 32.7 Å². The van der Waals surface area contributed by atoms with Gasteiger partial charge in [0.15, 0.2) is 6.29 Å². The van der Waals surface area contributed by atoms with Crippen LogP contribution in [0, 0.1) is 0 Å². The first kappa shape index (κ1) is 21.4. The number of aldehydes is 2.